The molecule has 0 saturated carbocycles. The first-order valence-electron chi connectivity index (χ1n) is 15.7. The number of nitrogens with one attached hydrogen (secondary N) is 1. The van der Waals surface area contributed by atoms with E-state index >= 15 is 0 Å². The number of benzene rings is 7. The van der Waals surface area contributed by atoms with Crippen molar-refractivity contribution in [1.29, 1.82) is 0 Å². The maximum atomic E-state index is 4.93. The number of nitrogens with zero attached hydrogens (tertiary/aromatic N) is 3. The van der Waals surface area contributed by atoms with Gasteiger partial charge in [0, 0.05) is 31.5 Å². The smallest absolute Gasteiger partial charge is 0.114 e. The molecular formula is C42H28N4S. The van der Waals surface area contributed by atoms with Crippen LogP contribution in [0.2, 0.25) is 0 Å². The third kappa shape index (κ3) is 5.13. The van der Waals surface area contributed by atoms with E-state index in [1.807, 2.05) is 23.5 Å². The van der Waals surface area contributed by atoms with Gasteiger partial charge >= 0.3 is 0 Å². The van der Waals surface area contributed by atoms with Crippen LogP contribution in [0.15, 0.2) is 164 Å². The van der Waals surface area contributed by atoms with Gasteiger partial charge in [-0.25, -0.2) is 0 Å². The molecule has 1 N–H and O–H groups in total. The lowest BCUT2D eigenvalue weighted by molar-refractivity contribution is 0.766. The van der Waals surface area contributed by atoms with E-state index in [0.717, 1.165) is 44.8 Å². The first-order chi connectivity index (χ1) is 23.2. The van der Waals surface area contributed by atoms with Crippen LogP contribution in [0.25, 0.3) is 70.3 Å². The normalized spacial score (nSPS) is 11.4. The van der Waals surface area contributed by atoms with Crippen LogP contribution in [-0.4, -0.2) is 15.0 Å². The predicted molar refractivity (Wildman–Crippen MR) is 198 cm³/mol. The molecule has 0 bridgehead atoms. The fourth-order valence-electron chi connectivity index (χ4n) is 6.34. The molecule has 0 aliphatic carbocycles. The molecular weight excluding hydrogens is 593 g/mol. The van der Waals surface area contributed by atoms with E-state index in [1.165, 1.54) is 36.9 Å². The number of hydrogen-bond donors (Lipinski definition) is 1. The van der Waals surface area contributed by atoms with Crippen molar-refractivity contribution in [1.82, 2.24) is 15.0 Å². The molecule has 0 spiro atoms. The van der Waals surface area contributed by atoms with Crippen LogP contribution in [0, 0.1) is 0 Å². The summed E-state index contributed by atoms with van der Waals surface area (Å²) in [6, 6.07) is 57.5. The number of aromatic nitrogens is 3. The summed E-state index contributed by atoms with van der Waals surface area (Å²) in [6.07, 6.45) is 0. The average molecular weight is 621 g/mol. The fourth-order valence-corrected chi connectivity index (χ4v) is 7.58. The minimum absolute atomic E-state index is 0.860. The molecule has 2 aromatic heterocycles. The zero-order valence-corrected chi connectivity index (χ0v) is 26.2. The van der Waals surface area contributed by atoms with Crippen molar-refractivity contribution < 1.29 is 0 Å². The quantitative estimate of drug-likeness (QED) is 0.201. The van der Waals surface area contributed by atoms with Gasteiger partial charge in [0.2, 0.25) is 0 Å². The molecule has 0 fully saturated rings. The van der Waals surface area contributed by atoms with E-state index in [4.69, 9.17) is 10.2 Å². The Bertz CT molecular complexity index is 2490. The van der Waals surface area contributed by atoms with Crippen LogP contribution in [0.3, 0.4) is 0 Å². The molecule has 0 atom stereocenters. The van der Waals surface area contributed by atoms with Gasteiger partial charge in [-0.2, -0.15) is 4.80 Å². The summed E-state index contributed by atoms with van der Waals surface area (Å²) in [5.41, 5.74) is 11.6. The van der Waals surface area contributed by atoms with Crippen molar-refractivity contribution in [2.24, 2.45) is 0 Å². The van der Waals surface area contributed by atoms with Gasteiger partial charge in [-0.1, -0.05) is 109 Å². The number of anilines is 2. The van der Waals surface area contributed by atoms with Crippen molar-refractivity contribution in [3.63, 3.8) is 0 Å². The second-order valence-corrected chi connectivity index (χ2v) is 12.7. The van der Waals surface area contributed by atoms with E-state index in [2.05, 4.69) is 157 Å². The fraction of sp³-hybridized carbons (Fsp3) is 0. The lowest BCUT2D eigenvalue weighted by Crippen LogP contribution is -2.00. The molecule has 222 valence electrons. The standard InChI is InChI=1S/C42H28N4S/c1-3-11-28(12-4-1)31-23-32(29-13-5-2-6-14-29)25-34(24-31)43-33-15-9-16-35(27-33)46-44-39-22-21-30(26-40(39)45-46)36-18-10-19-38-37-17-7-8-20-41(37)47-42(36)38/h1-27,43H. The molecule has 47 heavy (non-hydrogen) atoms. The highest BCUT2D eigenvalue weighted by Gasteiger charge is 2.13. The van der Waals surface area contributed by atoms with Gasteiger partial charge in [-0.3, -0.25) is 0 Å². The molecule has 0 unspecified atom stereocenters. The van der Waals surface area contributed by atoms with Gasteiger partial charge in [-0.05, 0) is 88.0 Å². The molecule has 0 aliphatic rings. The summed E-state index contributed by atoms with van der Waals surface area (Å²) < 4.78 is 2.60. The minimum Gasteiger partial charge on any atom is -0.355 e. The highest BCUT2D eigenvalue weighted by Crippen LogP contribution is 2.40. The number of fused-ring (bicyclic) bond motifs is 4. The average Bonchev–Trinajstić information content (AvgIpc) is 3.74. The van der Waals surface area contributed by atoms with Crippen LogP contribution < -0.4 is 5.32 Å². The van der Waals surface area contributed by atoms with Crippen molar-refractivity contribution in [2.75, 3.05) is 5.32 Å². The van der Waals surface area contributed by atoms with Gasteiger partial charge in [0.25, 0.3) is 0 Å². The SMILES string of the molecule is c1ccc(-c2cc(Nc3cccc(-n4nc5ccc(-c6cccc7c6sc6ccccc67)cc5n4)c3)cc(-c3ccccc3)c2)cc1. The second kappa shape index (κ2) is 11.4. The van der Waals surface area contributed by atoms with Crippen LogP contribution in [0.1, 0.15) is 0 Å². The minimum atomic E-state index is 0.860. The molecule has 0 amide bonds. The van der Waals surface area contributed by atoms with Crippen LogP contribution >= 0.6 is 11.3 Å². The highest BCUT2D eigenvalue weighted by atomic mass is 32.1. The lowest BCUT2D eigenvalue weighted by atomic mass is 9.98. The summed E-state index contributed by atoms with van der Waals surface area (Å²) in [6.45, 7) is 0. The molecule has 5 heteroatoms. The van der Waals surface area contributed by atoms with E-state index in [0.29, 0.717) is 0 Å². The first-order valence-corrected chi connectivity index (χ1v) is 16.5. The first kappa shape index (κ1) is 27.3. The van der Waals surface area contributed by atoms with Gasteiger partial charge < -0.3 is 5.32 Å². The van der Waals surface area contributed by atoms with E-state index in [1.54, 1.807) is 4.80 Å². The Morgan fingerprint density at radius 2 is 1.13 bits per heavy atom. The van der Waals surface area contributed by atoms with Crippen LogP contribution in [0.4, 0.5) is 11.4 Å². The summed E-state index contributed by atoms with van der Waals surface area (Å²) in [5.74, 6) is 0. The Balaban J connectivity index is 1.06. The zero-order chi connectivity index (χ0) is 31.2. The van der Waals surface area contributed by atoms with E-state index in [9.17, 15) is 0 Å². The number of hydrogen-bond acceptors (Lipinski definition) is 4. The lowest BCUT2D eigenvalue weighted by Gasteiger charge is -2.13. The maximum absolute atomic E-state index is 4.93. The van der Waals surface area contributed by atoms with Gasteiger partial charge in [0.05, 0.1) is 5.69 Å². The van der Waals surface area contributed by atoms with E-state index < -0.39 is 0 Å². The van der Waals surface area contributed by atoms with Gasteiger partial charge in [-0.15, -0.1) is 21.5 Å². The summed E-state index contributed by atoms with van der Waals surface area (Å²) in [7, 11) is 0. The summed E-state index contributed by atoms with van der Waals surface area (Å²) in [4.78, 5) is 1.73. The predicted octanol–water partition coefficient (Wildman–Crippen LogP) is 11.5. The molecule has 4 nitrogen and oxygen atoms in total. The molecule has 9 rings (SSSR count). The Morgan fingerprint density at radius 3 is 1.91 bits per heavy atom. The summed E-state index contributed by atoms with van der Waals surface area (Å²) >= 11 is 1.84. The van der Waals surface area contributed by atoms with E-state index in [-0.39, 0.29) is 0 Å². The second-order valence-electron chi connectivity index (χ2n) is 11.7. The van der Waals surface area contributed by atoms with Crippen LogP contribution in [0.5, 0.6) is 0 Å². The Kier molecular flexibility index (Phi) is 6.61. The Labute approximate surface area is 276 Å². The molecule has 0 radical (unpaired) electrons. The largest absolute Gasteiger partial charge is 0.355 e. The van der Waals surface area contributed by atoms with Crippen molar-refractivity contribution in [3.8, 4) is 39.1 Å². The van der Waals surface area contributed by atoms with Gasteiger partial charge in [0.1, 0.15) is 11.0 Å². The van der Waals surface area contributed by atoms with Gasteiger partial charge in [0.15, 0.2) is 0 Å². The monoisotopic (exact) mass is 620 g/mol. The number of thiophene rings is 1. The Morgan fingerprint density at radius 1 is 0.447 bits per heavy atom. The van der Waals surface area contributed by atoms with Crippen LogP contribution in [-0.2, 0) is 0 Å². The topological polar surface area (TPSA) is 42.7 Å². The molecule has 2 heterocycles. The highest BCUT2D eigenvalue weighted by molar-refractivity contribution is 7.26. The van der Waals surface area contributed by atoms with Crippen molar-refractivity contribution in [3.05, 3.63) is 164 Å². The molecule has 0 saturated heterocycles. The Hall–Kier alpha value is -6.04. The third-order valence-electron chi connectivity index (χ3n) is 8.61. The summed E-state index contributed by atoms with van der Waals surface area (Å²) in [5, 5.41) is 16.0. The molecule has 0 aliphatic heterocycles. The molecule has 9 aromatic rings. The maximum Gasteiger partial charge on any atom is 0.114 e. The number of rotatable bonds is 6. The van der Waals surface area contributed by atoms with Crippen molar-refractivity contribution in [2.45, 2.75) is 0 Å². The molecule has 7 aromatic carbocycles. The zero-order valence-electron chi connectivity index (χ0n) is 25.3. The third-order valence-corrected chi connectivity index (χ3v) is 9.83. The van der Waals surface area contributed by atoms with Crippen molar-refractivity contribution >= 4 is 53.9 Å².